The lowest BCUT2D eigenvalue weighted by molar-refractivity contribution is -0.143. The molecule has 12 N–H and O–H groups in total. The van der Waals surface area contributed by atoms with E-state index in [1.54, 1.807) is 0 Å². The Morgan fingerprint density at radius 1 is 0.919 bits per heavy atom. The number of nitrogens with one attached hydrogen (secondary N) is 3. The Balaban J connectivity index is 2.94. The highest BCUT2D eigenvalue weighted by Gasteiger charge is 2.33. The number of aliphatic hydroxyl groups excluding tert-OH is 1. The number of hydrogen-bond acceptors (Lipinski definition) is 9. The van der Waals surface area contributed by atoms with Gasteiger partial charge in [0, 0.05) is 6.42 Å². The van der Waals surface area contributed by atoms with E-state index in [4.69, 9.17) is 17.2 Å². The number of carbonyl (C=O) groups is 5. The van der Waals surface area contributed by atoms with E-state index in [1.165, 1.54) is 31.2 Å². The van der Waals surface area contributed by atoms with Crippen LogP contribution in [0.3, 0.4) is 0 Å². The normalized spacial score (nSPS) is 14.9. The average Bonchev–Trinajstić information content (AvgIpc) is 2.82. The van der Waals surface area contributed by atoms with Crippen molar-refractivity contribution in [3.8, 4) is 5.75 Å². The Morgan fingerprint density at radius 3 is 2.03 bits per heavy atom. The number of aliphatic hydroxyl groups is 1. The van der Waals surface area contributed by atoms with Crippen LogP contribution in [0.15, 0.2) is 24.3 Å². The molecule has 0 aromatic heterocycles. The Bertz CT molecular complexity index is 940. The molecule has 5 atom stereocenters. The van der Waals surface area contributed by atoms with Crippen molar-refractivity contribution in [1.82, 2.24) is 16.0 Å². The minimum atomic E-state index is -1.63. The highest BCUT2D eigenvalue weighted by molar-refractivity contribution is 5.96. The molecule has 0 heterocycles. The number of aliphatic carboxylic acids is 1. The fourth-order valence-corrected chi connectivity index (χ4v) is 3.32. The van der Waals surface area contributed by atoms with Gasteiger partial charge in [0.15, 0.2) is 0 Å². The molecule has 37 heavy (non-hydrogen) atoms. The van der Waals surface area contributed by atoms with Crippen LogP contribution in [0.4, 0.5) is 0 Å². The van der Waals surface area contributed by atoms with E-state index in [9.17, 15) is 39.3 Å². The Kier molecular flexibility index (Phi) is 13.0. The predicted octanol–water partition coefficient (Wildman–Crippen LogP) is -2.81. The molecule has 0 bridgehead atoms. The molecule has 1 aromatic rings. The summed E-state index contributed by atoms with van der Waals surface area (Å²) in [5.74, 6) is -5.07. The predicted molar refractivity (Wildman–Crippen MR) is 132 cm³/mol. The number of aromatic hydroxyl groups is 1. The molecule has 0 aliphatic heterocycles. The SMILES string of the molecule is CC(O)C(NC(=O)C(CC(N)=O)NC(=O)C(N)CCCCN)C(=O)NC(Cc1ccc(O)cc1)C(=O)O. The molecule has 0 aliphatic rings. The summed E-state index contributed by atoms with van der Waals surface area (Å²) in [7, 11) is 0. The van der Waals surface area contributed by atoms with Gasteiger partial charge in [-0.05, 0) is 44.0 Å². The summed E-state index contributed by atoms with van der Waals surface area (Å²) in [5.41, 5.74) is 16.9. The van der Waals surface area contributed by atoms with Gasteiger partial charge in [0.2, 0.25) is 23.6 Å². The lowest BCUT2D eigenvalue weighted by Crippen LogP contribution is -2.60. The standard InChI is InChI=1S/C23H36N6O8/c1-12(30)19(22(35)28-17(23(36)37)10-13-5-7-14(31)8-6-13)29-21(34)16(11-18(26)32)27-20(33)15(25)4-2-3-9-24/h5-8,12,15-17,19,30-31H,2-4,9-11,24-25H2,1H3,(H2,26,32)(H,27,33)(H,28,35)(H,29,34)(H,36,37). The summed E-state index contributed by atoms with van der Waals surface area (Å²) in [5, 5.41) is 35.8. The van der Waals surface area contributed by atoms with Gasteiger partial charge < -0.3 is 48.5 Å². The van der Waals surface area contributed by atoms with E-state index >= 15 is 0 Å². The fraction of sp³-hybridized carbons (Fsp3) is 0.522. The van der Waals surface area contributed by atoms with E-state index < -0.39 is 66.3 Å². The minimum Gasteiger partial charge on any atom is -0.508 e. The van der Waals surface area contributed by atoms with Crippen LogP contribution in [-0.4, -0.2) is 81.7 Å². The number of carboxylic acid groups (broad SMARTS) is 1. The number of phenols is 1. The highest BCUT2D eigenvalue weighted by Crippen LogP contribution is 2.12. The van der Waals surface area contributed by atoms with Gasteiger partial charge in [0.25, 0.3) is 0 Å². The third-order valence-corrected chi connectivity index (χ3v) is 5.40. The molecule has 14 nitrogen and oxygen atoms in total. The summed E-state index contributed by atoms with van der Waals surface area (Å²) in [4.78, 5) is 61.2. The maximum atomic E-state index is 12.8. The van der Waals surface area contributed by atoms with Gasteiger partial charge in [-0.15, -0.1) is 0 Å². The molecular formula is C23H36N6O8. The first kappa shape index (κ1) is 31.3. The lowest BCUT2D eigenvalue weighted by atomic mass is 10.0. The third kappa shape index (κ3) is 11.2. The lowest BCUT2D eigenvalue weighted by Gasteiger charge is -2.26. The molecule has 0 saturated carbocycles. The first-order valence-electron chi connectivity index (χ1n) is 11.7. The van der Waals surface area contributed by atoms with Crippen LogP contribution in [0.25, 0.3) is 0 Å². The van der Waals surface area contributed by atoms with E-state index in [0.29, 0.717) is 24.9 Å². The molecule has 1 aromatic carbocycles. The van der Waals surface area contributed by atoms with Gasteiger partial charge in [0.05, 0.1) is 18.6 Å². The molecule has 4 amide bonds. The zero-order chi connectivity index (χ0) is 28.1. The van der Waals surface area contributed by atoms with Gasteiger partial charge in [0.1, 0.15) is 23.9 Å². The second-order valence-corrected chi connectivity index (χ2v) is 8.62. The van der Waals surface area contributed by atoms with Crippen molar-refractivity contribution < 1.29 is 39.3 Å². The Morgan fingerprint density at radius 2 is 1.51 bits per heavy atom. The number of benzene rings is 1. The van der Waals surface area contributed by atoms with Crippen LogP contribution in [0.5, 0.6) is 5.75 Å². The molecule has 0 saturated heterocycles. The van der Waals surface area contributed by atoms with Gasteiger partial charge in [-0.1, -0.05) is 18.6 Å². The first-order chi connectivity index (χ1) is 17.3. The van der Waals surface area contributed by atoms with E-state index in [2.05, 4.69) is 16.0 Å². The molecule has 0 spiro atoms. The Labute approximate surface area is 213 Å². The van der Waals surface area contributed by atoms with Crippen molar-refractivity contribution in [2.24, 2.45) is 17.2 Å². The van der Waals surface area contributed by atoms with Crippen LogP contribution in [0.2, 0.25) is 0 Å². The number of amides is 4. The number of carboxylic acids is 1. The van der Waals surface area contributed by atoms with Gasteiger partial charge in [-0.25, -0.2) is 4.79 Å². The quantitative estimate of drug-likeness (QED) is 0.100. The molecule has 0 radical (unpaired) electrons. The molecule has 14 heteroatoms. The van der Waals surface area contributed by atoms with Crippen molar-refractivity contribution in [2.45, 2.75) is 69.3 Å². The van der Waals surface area contributed by atoms with Crippen LogP contribution in [0.1, 0.15) is 38.2 Å². The fourth-order valence-electron chi connectivity index (χ4n) is 3.32. The maximum absolute atomic E-state index is 12.8. The van der Waals surface area contributed by atoms with Crippen LogP contribution in [0, 0.1) is 0 Å². The smallest absolute Gasteiger partial charge is 0.326 e. The number of carbonyl (C=O) groups excluding carboxylic acids is 4. The average molecular weight is 525 g/mol. The second kappa shape index (κ2) is 15.4. The summed E-state index contributed by atoms with van der Waals surface area (Å²) >= 11 is 0. The monoisotopic (exact) mass is 524 g/mol. The van der Waals surface area contributed by atoms with Crippen molar-refractivity contribution in [3.05, 3.63) is 29.8 Å². The minimum absolute atomic E-state index is 0.0225. The summed E-state index contributed by atoms with van der Waals surface area (Å²) < 4.78 is 0. The van der Waals surface area contributed by atoms with Crippen molar-refractivity contribution in [1.29, 1.82) is 0 Å². The highest BCUT2D eigenvalue weighted by atomic mass is 16.4. The second-order valence-electron chi connectivity index (χ2n) is 8.62. The number of primary amides is 1. The number of hydrogen-bond donors (Lipinski definition) is 9. The molecule has 1 rings (SSSR count). The molecular weight excluding hydrogens is 488 g/mol. The summed E-state index contributed by atoms with van der Waals surface area (Å²) in [6, 6.07) is 0.126. The van der Waals surface area contributed by atoms with Crippen molar-refractivity contribution in [2.75, 3.05) is 6.54 Å². The van der Waals surface area contributed by atoms with Gasteiger partial charge >= 0.3 is 5.97 Å². The number of unbranched alkanes of at least 4 members (excludes halogenated alkanes) is 1. The van der Waals surface area contributed by atoms with Gasteiger partial charge in [-0.3, -0.25) is 19.2 Å². The van der Waals surface area contributed by atoms with Crippen LogP contribution in [-0.2, 0) is 30.4 Å². The summed E-state index contributed by atoms with van der Waals surface area (Å²) in [6.45, 7) is 1.61. The molecule has 206 valence electrons. The van der Waals surface area contributed by atoms with Crippen molar-refractivity contribution >= 4 is 29.6 Å². The van der Waals surface area contributed by atoms with E-state index in [0.717, 1.165) is 0 Å². The Hall–Kier alpha value is -3.75. The van der Waals surface area contributed by atoms with Crippen LogP contribution >= 0.6 is 0 Å². The molecule has 5 unspecified atom stereocenters. The van der Waals surface area contributed by atoms with Gasteiger partial charge in [-0.2, -0.15) is 0 Å². The largest absolute Gasteiger partial charge is 0.508 e. The first-order valence-corrected chi connectivity index (χ1v) is 11.7. The third-order valence-electron chi connectivity index (χ3n) is 5.40. The number of nitrogens with two attached hydrogens (primary N) is 3. The summed E-state index contributed by atoms with van der Waals surface area (Å²) in [6.07, 6.45) is -0.747. The number of phenolic OH excluding ortho intramolecular Hbond substituents is 1. The topological polar surface area (TPSA) is 260 Å². The van der Waals surface area contributed by atoms with E-state index in [-0.39, 0.29) is 18.6 Å². The maximum Gasteiger partial charge on any atom is 0.326 e. The zero-order valence-corrected chi connectivity index (χ0v) is 20.6. The van der Waals surface area contributed by atoms with Crippen LogP contribution < -0.4 is 33.2 Å². The molecule has 0 fully saturated rings. The van der Waals surface area contributed by atoms with Crippen molar-refractivity contribution in [3.63, 3.8) is 0 Å². The number of rotatable bonds is 16. The zero-order valence-electron chi connectivity index (χ0n) is 20.6. The van der Waals surface area contributed by atoms with E-state index in [1.807, 2.05) is 0 Å². The molecule has 0 aliphatic carbocycles.